The lowest BCUT2D eigenvalue weighted by Crippen LogP contribution is -2.59. The summed E-state index contributed by atoms with van der Waals surface area (Å²) in [6.07, 6.45) is 1.49. The molecule has 0 aromatic heterocycles. The lowest BCUT2D eigenvalue weighted by molar-refractivity contribution is -0.156. The van der Waals surface area contributed by atoms with Crippen molar-refractivity contribution < 1.29 is 18.8 Å². The van der Waals surface area contributed by atoms with E-state index in [1.165, 1.54) is 17.0 Å². The molecule has 0 N–H and O–H groups in total. The lowest BCUT2D eigenvalue weighted by atomic mass is 10.1. The van der Waals surface area contributed by atoms with Crippen LogP contribution in [0.15, 0.2) is 54.6 Å². The molecule has 0 radical (unpaired) electrons. The Kier molecular flexibility index (Phi) is 6.30. The Hall–Kier alpha value is -3.22. The number of hydrogen-bond acceptors (Lipinski definition) is 3. The van der Waals surface area contributed by atoms with Gasteiger partial charge in [-0.25, -0.2) is 4.39 Å². The molecule has 0 aliphatic carbocycles. The van der Waals surface area contributed by atoms with Crippen LogP contribution in [0.4, 0.5) is 4.39 Å². The van der Waals surface area contributed by atoms with Crippen LogP contribution >= 0.6 is 0 Å². The van der Waals surface area contributed by atoms with Gasteiger partial charge in [-0.05, 0) is 36.1 Å². The highest BCUT2D eigenvalue weighted by Gasteiger charge is 2.41. The number of aryl methyl sites for hydroxylation is 1. The molecule has 0 saturated carbocycles. The second-order valence-corrected chi connectivity index (χ2v) is 8.08. The van der Waals surface area contributed by atoms with Gasteiger partial charge in [0.1, 0.15) is 18.4 Å². The summed E-state index contributed by atoms with van der Waals surface area (Å²) in [6.45, 7) is 1.43. The predicted octanol–water partition coefficient (Wildman–Crippen LogP) is 2.23. The van der Waals surface area contributed by atoms with E-state index in [0.717, 1.165) is 5.56 Å². The van der Waals surface area contributed by atoms with Crippen molar-refractivity contribution in [1.29, 1.82) is 0 Å². The molecule has 2 aliphatic heterocycles. The van der Waals surface area contributed by atoms with Crippen LogP contribution < -0.4 is 0 Å². The number of carbonyl (C=O) groups excluding carboxylic acids is 3. The van der Waals surface area contributed by atoms with E-state index in [-0.39, 0.29) is 36.6 Å². The van der Waals surface area contributed by atoms with Gasteiger partial charge >= 0.3 is 0 Å². The number of benzene rings is 2. The van der Waals surface area contributed by atoms with Crippen molar-refractivity contribution in [2.75, 3.05) is 26.2 Å². The molecule has 3 amide bonds. The van der Waals surface area contributed by atoms with Crippen LogP contribution in [0.3, 0.4) is 0 Å². The summed E-state index contributed by atoms with van der Waals surface area (Å²) in [5.41, 5.74) is 1.77. The Morgan fingerprint density at radius 3 is 2.52 bits per heavy atom. The Balaban J connectivity index is 1.38. The van der Waals surface area contributed by atoms with Gasteiger partial charge in [-0.15, -0.1) is 0 Å². The number of halogens is 1. The maximum Gasteiger partial charge on any atom is 0.246 e. The van der Waals surface area contributed by atoms with Crippen molar-refractivity contribution in [3.05, 3.63) is 71.5 Å². The second kappa shape index (κ2) is 9.29. The fraction of sp³-hybridized carbons (Fsp3) is 0.375. The van der Waals surface area contributed by atoms with Crippen LogP contribution in [0.25, 0.3) is 0 Å². The average Bonchev–Trinajstić information content (AvgIpc) is 3.00. The fourth-order valence-corrected chi connectivity index (χ4v) is 4.32. The van der Waals surface area contributed by atoms with E-state index in [0.29, 0.717) is 44.5 Å². The first-order chi connectivity index (χ1) is 15.0. The minimum atomic E-state index is -0.568. The number of rotatable bonds is 5. The molecule has 1 atom stereocenters. The normalized spacial score (nSPS) is 19.3. The van der Waals surface area contributed by atoms with Gasteiger partial charge in [0.25, 0.3) is 0 Å². The van der Waals surface area contributed by atoms with E-state index in [2.05, 4.69) is 0 Å². The van der Waals surface area contributed by atoms with E-state index < -0.39 is 6.04 Å². The number of carbonyl (C=O) groups is 3. The summed E-state index contributed by atoms with van der Waals surface area (Å²) < 4.78 is 13.5. The van der Waals surface area contributed by atoms with E-state index in [4.69, 9.17) is 0 Å². The number of piperazine rings is 1. The zero-order chi connectivity index (χ0) is 21.8. The number of amides is 3. The van der Waals surface area contributed by atoms with E-state index in [1.807, 2.05) is 30.3 Å². The Morgan fingerprint density at radius 2 is 1.74 bits per heavy atom. The zero-order valence-corrected chi connectivity index (χ0v) is 17.4. The molecular weight excluding hydrogens is 397 g/mol. The molecule has 2 aromatic rings. The zero-order valence-electron chi connectivity index (χ0n) is 17.4. The Labute approximate surface area is 181 Å². The SMILES string of the molecule is O=C(CCc1ccccc1)N1CCC2C(=O)N(Cc3cccc(F)c3)CC(=O)N2CC1. The quantitative estimate of drug-likeness (QED) is 0.741. The van der Waals surface area contributed by atoms with Crippen molar-refractivity contribution in [2.24, 2.45) is 0 Å². The van der Waals surface area contributed by atoms with Crippen LogP contribution in [0.1, 0.15) is 24.0 Å². The van der Waals surface area contributed by atoms with Gasteiger partial charge in [-0.3, -0.25) is 14.4 Å². The summed E-state index contributed by atoms with van der Waals surface area (Å²) in [5.74, 6) is -0.587. The monoisotopic (exact) mass is 423 g/mol. The van der Waals surface area contributed by atoms with E-state index in [9.17, 15) is 18.8 Å². The molecule has 31 heavy (non-hydrogen) atoms. The highest BCUT2D eigenvalue weighted by molar-refractivity contribution is 5.95. The minimum absolute atomic E-state index is 0.0200. The predicted molar refractivity (Wildman–Crippen MR) is 113 cm³/mol. The average molecular weight is 423 g/mol. The number of hydrogen-bond donors (Lipinski definition) is 0. The summed E-state index contributed by atoms with van der Waals surface area (Å²) >= 11 is 0. The first-order valence-electron chi connectivity index (χ1n) is 10.7. The van der Waals surface area contributed by atoms with Crippen molar-refractivity contribution in [1.82, 2.24) is 14.7 Å². The Morgan fingerprint density at radius 1 is 0.968 bits per heavy atom. The standard InChI is InChI=1S/C24H26FN3O3/c25-20-8-4-7-19(15-20)16-27-17-23(30)28-14-13-26(12-11-21(28)24(27)31)22(29)10-9-18-5-2-1-3-6-18/h1-8,15,21H,9-14,16-17H2. The first-order valence-corrected chi connectivity index (χ1v) is 10.7. The van der Waals surface area contributed by atoms with Gasteiger partial charge in [-0.1, -0.05) is 42.5 Å². The molecule has 162 valence electrons. The third-order valence-electron chi connectivity index (χ3n) is 5.99. The van der Waals surface area contributed by atoms with Gasteiger partial charge < -0.3 is 14.7 Å². The highest BCUT2D eigenvalue weighted by atomic mass is 19.1. The molecule has 6 nitrogen and oxygen atoms in total. The topological polar surface area (TPSA) is 60.9 Å². The van der Waals surface area contributed by atoms with E-state index >= 15 is 0 Å². The van der Waals surface area contributed by atoms with Crippen molar-refractivity contribution >= 4 is 17.7 Å². The molecule has 2 fully saturated rings. The molecule has 1 unspecified atom stereocenters. The van der Waals surface area contributed by atoms with Gasteiger partial charge in [-0.2, -0.15) is 0 Å². The summed E-state index contributed by atoms with van der Waals surface area (Å²) in [6, 6.07) is 15.4. The van der Waals surface area contributed by atoms with Crippen molar-refractivity contribution in [3.63, 3.8) is 0 Å². The van der Waals surface area contributed by atoms with Crippen LogP contribution in [0, 0.1) is 5.82 Å². The lowest BCUT2D eigenvalue weighted by Gasteiger charge is -2.39. The third kappa shape index (κ3) is 4.93. The van der Waals surface area contributed by atoms with Crippen LogP contribution in [-0.2, 0) is 27.3 Å². The Bertz CT molecular complexity index is 966. The molecule has 7 heteroatoms. The van der Waals surface area contributed by atoms with Gasteiger partial charge in [0.2, 0.25) is 17.7 Å². The number of nitrogens with zero attached hydrogens (tertiary/aromatic N) is 3. The summed E-state index contributed by atoms with van der Waals surface area (Å²) in [5, 5.41) is 0. The minimum Gasteiger partial charge on any atom is -0.341 e. The van der Waals surface area contributed by atoms with Crippen LogP contribution in [0.2, 0.25) is 0 Å². The maximum atomic E-state index is 13.5. The molecule has 4 rings (SSSR count). The fourth-order valence-electron chi connectivity index (χ4n) is 4.32. The van der Waals surface area contributed by atoms with Crippen LogP contribution in [0.5, 0.6) is 0 Å². The summed E-state index contributed by atoms with van der Waals surface area (Å²) in [4.78, 5) is 43.4. The molecule has 0 bridgehead atoms. The van der Waals surface area contributed by atoms with Crippen molar-refractivity contribution in [3.8, 4) is 0 Å². The van der Waals surface area contributed by atoms with Gasteiger partial charge in [0.15, 0.2) is 0 Å². The molecule has 2 aromatic carbocycles. The van der Waals surface area contributed by atoms with E-state index in [1.54, 1.807) is 21.9 Å². The second-order valence-electron chi connectivity index (χ2n) is 8.08. The molecule has 2 aliphatic rings. The molecule has 2 heterocycles. The largest absolute Gasteiger partial charge is 0.341 e. The molecular formula is C24H26FN3O3. The maximum absolute atomic E-state index is 13.5. The van der Waals surface area contributed by atoms with Gasteiger partial charge in [0.05, 0.1) is 0 Å². The molecule has 0 spiro atoms. The molecule has 2 saturated heterocycles. The smallest absolute Gasteiger partial charge is 0.246 e. The van der Waals surface area contributed by atoms with Crippen LogP contribution in [-0.4, -0.2) is 64.6 Å². The summed E-state index contributed by atoms with van der Waals surface area (Å²) in [7, 11) is 0. The third-order valence-corrected chi connectivity index (χ3v) is 5.99. The van der Waals surface area contributed by atoms with Gasteiger partial charge in [0, 0.05) is 32.6 Å². The number of fused-ring (bicyclic) bond motifs is 1. The highest BCUT2D eigenvalue weighted by Crippen LogP contribution is 2.21. The van der Waals surface area contributed by atoms with Crippen molar-refractivity contribution in [2.45, 2.75) is 31.8 Å². The first kappa shape index (κ1) is 21.0.